The molecule has 0 saturated heterocycles. The summed E-state index contributed by atoms with van der Waals surface area (Å²) in [7, 11) is 0. The Hall–Kier alpha value is -1.08. The van der Waals surface area contributed by atoms with E-state index in [1.165, 1.54) is 29.5 Å². The Morgan fingerprint density at radius 2 is 1.71 bits per heavy atom. The summed E-state index contributed by atoms with van der Waals surface area (Å²) in [5.41, 5.74) is 3.86. The molecule has 2 rings (SSSR count). The molecule has 92 valence electrons. The van der Waals surface area contributed by atoms with Crippen LogP contribution in [0, 0.1) is 13.8 Å². The topological polar surface area (TPSA) is 20.2 Å². The summed E-state index contributed by atoms with van der Waals surface area (Å²) >= 11 is 0. The van der Waals surface area contributed by atoms with Gasteiger partial charge in [0.2, 0.25) is 0 Å². The first-order chi connectivity index (χ1) is 8.00. The van der Waals surface area contributed by atoms with Crippen LogP contribution in [0.3, 0.4) is 0 Å². The smallest absolute Gasteiger partial charge is 0.108 e. The molecular formula is C16H22O. The van der Waals surface area contributed by atoms with Crippen molar-refractivity contribution in [2.75, 3.05) is 0 Å². The van der Waals surface area contributed by atoms with Crippen molar-refractivity contribution in [2.45, 2.75) is 52.1 Å². The first kappa shape index (κ1) is 12.4. The van der Waals surface area contributed by atoms with Crippen molar-refractivity contribution in [3.05, 3.63) is 46.5 Å². The summed E-state index contributed by atoms with van der Waals surface area (Å²) in [5, 5.41) is 10.8. The van der Waals surface area contributed by atoms with Gasteiger partial charge in [-0.05, 0) is 57.6 Å². The van der Waals surface area contributed by atoms with E-state index in [0.29, 0.717) is 0 Å². The third-order valence-corrected chi connectivity index (χ3v) is 3.70. The van der Waals surface area contributed by atoms with Crippen LogP contribution in [0.25, 0.3) is 0 Å². The molecular weight excluding hydrogens is 208 g/mol. The van der Waals surface area contributed by atoms with Gasteiger partial charge < -0.3 is 5.11 Å². The van der Waals surface area contributed by atoms with Crippen LogP contribution in [0.5, 0.6) is 0 Å². The van der Waals surface area contributed by atoms with Crippen molar-refractivity contribution < 1.29 is 5.11 Å². The van der Waals surface area contributed by atoms with Gasteiger partial charge >= 0.3 is 0 Å². The van der Waals surface area contributed by atoms with Crippen LogP contribution in [0.4, 0.5) is 0 Å². The quantitative estimate of drug-likeness (QED) is 0.761. The van der Waals surface area contributed by atoms with Crippen LogP contribution in [0.15, 0.2) is 29.8 Å². The second-order valence-electron chi connectivity index (χ2n) is 5.42. The molecule has 1 aromatic carbocycles. The minimum Gasteiger partial charge on any atom is -0.381 e. The van der Waals surface area contributed by atoms with Crippen LogP contribution < -0.4 is 0 Å². The van der Waals surface area contributed by atoms with Crippen molar-refractivity contribution in [1.29, 1.82) is 0 Å². The van der Waals surface area contributed by atoms with Gasteiger partial charge in [-0.2, -0.15) is 0 Å². The fourth-order valence-corrected chi connectivity index (χ4v) is 2.72. The number of rotatable bonds is 2. The molecule has 0 amide bonds. The lowest BCUT2D eigenvalue weighted by molar-refractivity contribution is 0.0913. The minimum absolute atomic E-state index is 0.794. The molecule has 1 atom stereocenters. The van der Waals surface area contributed by atoms with E-state index in [0.717, 1.165) is 18.4 Å². The van der Waals surface area contributed by atoms with Crippen molar-refractivity contribution >= 4 is 0 Å². The average molecular weight is 230 g/mol. The Morgan fingerprint density at radius 1 is 1.06 bits per heavy atom. The lowest BCUT2D eigenvalue weighted by atomic mass is 9.81. The molecule has 0 aliphatic heterocycles. The van der Waals surface area contributed by atoms with Crippen LogP contribution >= 0.6 is 0 Å². The number of aryl methyl sites for hydroxylation is 2. The molecule has 0 spiro atoms. The number of benzene rings is 1. The van der Waals surface area contributed by atoms with Crippen LogP contribution in [-0.2, 0) is 5.60 Å². The molecule has 0 heterocycles. The summed E-state index contributed by atoms with van der Waals surface area (Å²) in [4.78, 5) is 0. The number of hydrogen-bond donors (Lipinski definition) is 1. The zero-order valence-corrected chi connectivity index (χ0v) is 11.1. The molecule has 0 saturated carbocycles. The number of allylic oxidation sites excluding steroid dienone is 1. The van der Waals surface area contributed by atoms with Crippen molar-refractivity contribution in [1.82, 2.24) is 0 Å². The standard InChI is InChI=1S/C16H22O/c1-12-9-13(2)11-15(10-12)16(3,17)14-7-5-4-6-8-14/h7,9-11,17H,4-6,8H2,1-3H3. The van der Waals surface area contributed by atoms with Crippen LogP contribution in [0.2, 0.25) is 0 Å². The molecule has 1 N–H and O–H groups in total. The van der Waals surface area contributed by atoms with E-state index in [-0.39, 0.29) is 0 Å². The molecule has 1 heteroatoms. The third kappa shape index (κ3) is 2.61. The van der Waals surface area contributed by atoms with E-state index in [1.54, 1.807) is 0 Å². The first-order valence-corrected chi connectivity index (χ1v) is 6.51. The van der Waals surface area contributed by atoms with Gasteiger partial charge in [0.1, 0.15) is 5.60 Å². The van der Waals surface area contributed by atoms with Gasteiger partial charge in [-0.25, -0.2) is 0 Å². The van der Waals surface area contributed by atoms with E-state index >= 15 is 0 Å². The molecule has 1 unspecified atom stereocenters. The maximum atomic E-state index is 10.8. The van der Waals surface area contributed by atoms with Crippen molar-refractivity contribution in [3.8, 4) is 0 Å². The average Bonchev–Trinajstić information content (AvgIpc) is 2.29. The second-order valence-corrected chi connectivity index (χ2v) is 5.42. The highest BCUT2D eigenvalue weighted by atomic mass is 16.3. The molecule has 0 aromatic heterocycles. The van der Waals surface area contributed by atoms with E-state index < -0.39 is 5.60 Å². The summed E-state index contributed by atoms with van der Waals surface area (Å²) in [6, 6.07) is 6.35. The van der Waals surface area contributed by atoms with Gasteiger partial charge in [-0.15, -0.1) is 0 Å². The van der Waals surface area contributed by atoms with E-state index in [1.807, 2.05) is 6.92 Å². The monoisotopic (exact) mass is 230 g/mol. The fourth-order valence-electron chi connectivity index (χ4n) is 2.72. The van der Waals surface area contributed by atoms with Crippen molar-refractivity contribution in [2.24, 2.45) is 0 Å². The summed E-state index contributed by atoms with van der Waals surface area (Å²) < 4.78 is 0. The van der Waals surface area contributed by atoms with Gasteiger partial charge in [0.15, 0.2) is 0 Å². The lowest BCUT2D eigenvalue weighted by Gasteiger charge is -2.30. The highest BCUT2D eigenvalue weighted by Crippen LogP contribution is 2.35. The normalized spacial score (nSPS) is 19.6. The molecule has 17 heavy (non-hydrogen) atoms. The van der Waals surface area contributed by atoms with Gasteiger partial charge in [0.05, 0.1) is 0 Å². The summed E-state index contributed by atoms with van der Waals surface area (Å²) in [6.45, 7) is 6.10. The Morgan fingerprint density at radius 3 is 2.24 bits per heavy atom. The van der Waals surface area contributed by atoms with E-state index in [4.69, 9.17) is 0 Å². The summed E-state index contributed by atoms with van der Waals surface area (Å²) in [6.07, 6.45) is 6.82. The SMILES string of the molecule is Cc1cc(C)cc(C(C)(O)C2=CCCCC2)c1. The van der Waals surface area contributed by atoms with Gasteiger partial charge in [-0.1, -0.05) is 35.4 Å². The maximum absolute atomic E-state index is 10.8. The fraction of sp³-hybridized carbons (Fsp3) is 0.500. The minimum atomic E-state index is -0.794. The number of aliphatic hydroxyl groups is 1. The Labute approximate surface area is 104 Å². The van der Waals surface area contributed by atoms with Gasteiger partial charge in [0.25, 0.3) is 0 Å². The summed E-state index contributed by atoms with van der Waals surface area (Å²) in [5.74, 6) is 0. The number of hydrogen-bond acceptors (Lipinski definition) is 1. The van der Waals surface area contributed by atoms with Crippen molar-refractivity contribution in [3.63, 3.8) is 0 Å². The molecule has 1 aliphatic rings. The molecule has 1 aromatic rings. The third-order valence-electron chi connectivity index (χ3n) is 3.70. The second kappa shape index (κ2) is 4.66. The molecule has 1 nitrogen and oxygen atoms in total. The molecule has 0 bridgehead atoms. The Balaban J connectivity index is 2.39. The Bertz CT molecular complexity index is 421. The van der Waals surface area contributed by atoms with E-state index in [2.05, 4.69) is 38.1 Å². The van der Waals surface area contributed by atoms with E-state index in [9.17, 15) is 5.11 Å². The van der Waals surface area contributed by atoms with Crippen LogP contribution in [0.1, 0.15) is 49.3 Å². The highest BCUT2D eigenvalue weighted by Gasteiger charge is 2.28. The predicted octanol–water partition coefficient (Wildman–Crippen LogP) is 4.01. The Kier molecular flexibility index (Phi) is 3.39. The van der Waals surface area contributed by atoms with Gasteiger partial charge in [-0.3, -0.25) is 0 Å². The molecule has 1 aliphatic carbocycles. The van der Waals surface area contributed by atoms with Gasteiger partial charge in [0, 0.05) is 0 Å². The molecule has 0 fully saturated rings. The molecule has 0 radical (unpaired) electrons. The van der Waals surface area contributed by atoms with Crippen LogP contribution in [-0.4, -0.2) is 5.11 Å². The zero-order valence-electron chi connectivity index (χ0n) is 11.1. The first-order valence-electron chi connectivity index (χ1n) is 6.51. The highest BCUT2D eigenvalue weighted by molar-refractivity contribution is 5.37. The largest absolute Gasteiger partial charge is 0.381 e. The predicted molar refractivity (Wildman–Crippen MR) is 72.0 cm³/mol. The maximum Gasteiger partial charge on any atom is 0.108 e. The lowest BCUT2D eigenvalue weighted by Crippen LogP contribution is -2.25. The zero-order chi connectivity index (χ0) is 12.5.